The Bertz CT molecular complexity index is 2240. The van der Waals surface area contributed by atoms with E-state index in [1.165, 1.54) is 35.6 Å². The van der Waals surface area contributed by atoms with Crippen LogP contribution in [0.5, 0.6) is 0 Å². The number of carbonyl (C=O) groups excluding carboxylic acids is 2. The molecule has 0 unspecified atom stereocenters. The van der Waals surface area contributed by atoms with Crippen molar-refractivity contribution in [1.82, 2.24) is 35.1 Å². The van der Waals surface area contributed by atoms with Gasteiger partial charge in [-0.15, -0.1) is 11.3 Å². The topological polar surface area (TPSA) is 131 Å². The third kappa shape index (κ3) is 8.28. The summed E-state index contributed by atoms with van der Waals surface area (Å²) in [5.41, 5.74) is 3.89. The number of thiazole rings is 1. The molecule has 2 fully saturated rings. The normalized spacial score (nSPS) is 17.2. The SMILES string of the molecule is Cc1ccccc1C(=O)N1CCC[C@H](c2nc(-c3ccc(F)cc3)no2)C1.Cc1nc(C)c(C(=O)N2CCC[C@H](c3nc(-c4ccc(F)cc4)no3)C2)s1. The highest BCUT2D eigenvalue weighted by Crippen LogP contribution is 2.31. The van der Waals surface area contributed by atoms with Gasteiger partial charge in [-0.05, 0) is 107 Å². The molecule has 0 spiro atoms. The van der Waals surface area contributed by atoms with E-state index in [1.54, 1.807) is 24.3 Å². The fourth-order valence-electron chi connectivity index (χ4n) is 6.82. The molecule has 278 valence electrons. The molecular weight excluding hydrogens is 713 g/mol. The molecule has 2 amide bonds. The molecule has 0 bridgehead atoms. The Balaban J connectivity index is 0.000000167. The van der Waals surface area contributed by atoms with E-state index in [4.69, 9.17) is 9.05 Å². The van der Waals surface area contributed by atoms with Crippen LogP contribution in [0.4, 0.5) is 8.78 Å². The quantitative estimate of drug-likeness (QED) is 0.165. The highest BCUT2D eigenvalue weighted by atomic mass is 32.1. The number of nitrogens with zero attached hydrogens (tertiary/aromatic N) is 7. The minimum absolute atomic E-state index is 0.00118. The van der Waals surface area contributed by atoms with E-state index in [-0.39, 0.29) is 35.3 Å². The van der Waals surface area contributed by atoms with E-state index < -0.39 is 0 Å². The number of aryl methyl sites for hydroxylation is 3. The lowest BCUT2D eigenvalue weighted by molar-refractivity contribution is 0.0689. The lowest BCUT2D eigenvalue weighted by Crippen LogP contribution is -2.39. The van der Waals surface area contributed by atoms with Gasteiger partial charge in [0.05, 0.1) is 22.5 Å². The first-order valence-corrected chi connectivity index (χ1v) is 18.7. The summed E-state index contributed by atoms with van der Waals surface area (Å²) in [7, 11) is 0. The summed E-state index contributed by atoms with van der Waals surface area (Å²) in [6.45, 7) is 8.25. The lowest BCUT2D eigenvalue weighted by atomic mass is 9.96. The van der Waals surface area contributed by atoms with Crippen molar-refractivity contribution in [2.75, 3.05) is 26.2 Å². The Labute approximate surface area is 315 Å². The van der Waals surface area contributed by atoms with Gasteiger partial charge in [0.15, 0.2) is 0 Å². The molecule has 14 heteroatoms. The molecule has 3 aromatic carbocycles. The predicted octanol–water partition coefficient (Wildman–Crippen LogP) is 8.17. The van der Waals surface area contributed by atoms with Crippen LogP contribution >= 0.6 is 11.3 Å². The second-order valence-electron chi connectivity index (χ2n) is 13.6. The summed E-state index contributed by atoms with van der Waals surface area (Å²) >= 11 is 1.43. The number of likely N-dealkylation sites (tertiary alicyclic amines) is 2. The number of rotatable bonds is 6. The maximum absolute atomic E-state index is 13.1. The van der Waals surface area contributed by atoms with Gasteiger partial charge >= 0.3 is 0 Å². The van der Waals surface area contributed by atoms with Crippen molar-refractivity contribution < 1.29 is 27.4 Å². The fourth-order valence-corrected chi connectivity index (χ4v) is 7.71. The largest absolute Gasteiger partial charge is 0.339 e. The van der Waals surface area contributed by atoms with Crippen LogP contribution in [-0.2, 0) is 0 Å². The van der Waals surface area contributed by atoms with E-state index in [1.807, 2.05) is 54.8 Å². The number of amides is 2. The van der Waals surface area contributed by atoms with Gasteiger partial charge in [0.25, 0.3) is 11.8 Å². The monoisotopic (exact) mass is 751 g/mol. The third-order valence-electron chi connectivity index (χ3n) is 9.68. The molecule has 0 N–H and O–H groups in total. The summed E-state index contributed by atoms with van der Waals surface area (Å²) < 4.78 is 37.1. The minimum atomic E-state index is -0.308. The number of hydrogen-bond acceptors (Lipinski definition) is 10. The zero-order valence-corrected chi connectivity index (χ0v) is 31.0. The van der Waals surface area contributed by atoms with E-state index in [0.29, 0.717) is 59.1 Å². The van der Waals surface area contributed by atoms with Crippen molar-refractivity contribution in [3.8, 4) is 22.8 Å². The summed E-state index contributed by atoms with van der Waals surface area (Å²) in [6.07, 6.45) is 3.54. The number of hydrogen-bond donors (Lipinski definition) is 0. The first-order valence-electron chi connectivity index (χ1n) is 17.9. The molecule has 8 rings (SSSR count). The van der Waals surface area contributed by atoms with Crippen molar-refractivity contribution in [3.63, 3.8) is 0 Å². The van der Waals surface area contributed by atoms with E-state index in [0.717, 1.165) is 54.1 Å². The van der Waals surface area contributed by atoms with Crippen molar-refractivity contribution in [2.45, 2.75) is 58.3 Å². The van der Waals surface area contributed by atoms with Crippen LogP contribution in [0.1, 0.15) is 85.6 Å². The highest BCUT2D eigenvalue weighted by Gasteiger charge is 2.32. The summed E-state index contributed by atoms with van der Waals surface area (Å²) in [6, 6.07) is 19.6. The Morgan fingerprint density at radius 3 is 1.67 bits per heavy atom. The Morgan fingerprint density at radius 1 is 0.685 bits per heavy atom. The van der Waals surface area contributed by atoms with Gasteiger partial charge in [-0.2, -0.15) is 9.97 Å². The van der Waals surface area contributed by atoms with Gasteiger partial charge in [0.2, 0.25) is 23.4 Å². The van der Waals surface area contributed by atoms with Crippen molar-refractivity contribution >= 4 is 23.2 Å². The molecule has 0 radical (unpaired) electrons. The van der Waals surface area contributed by atoms with E-state index >= 15 is 0 Å². The predicted molar refractivity (Wildman–Crippen MR) is 198 cm³/mol. The van der Waals surface area contributed by atoms with Gasteiger partial charge in [-0.25, -0.2) is 13.8 Å². The molecule has 2 aliphatic heterocycles. The smallest absolute Gasteiger partial charge is 0.265 e. The minimum Gasteiger partial charge on any atom is -0.339 e. The molecule has 0 aliphatic carbocycles. The zero-order valence-electron chi connectivity index (χ0n) is 30.2. The Kier molecular flexibility index (Phi) is 11.0. The molecule has 2 atom stereocenters. The third-order valence-corrected chi connectivity index (χ3v) is 10.7. The average molecular weight is 752 g/mol. The molecule has 6 aromatic rings. The molecular formula is C40H39F2N7O4S. The second kappa shape index (κ2) is 16.2. The van der Waals surface area contributed by atoms with Gasteiger partial charge in [-0.3, -0.25) is 9.59 Å². The number of piperidine rings is 2. The standard InChI is InChI=1S/C21H20FN3O2.C19H19FN4O2S/c1-14-5-2-3-7-18(14)21(26)25-12-4-6-16(13-25)20-23-19(24-27-20)15-8-10-17(22)11-9-15;1-11-16(27-12(2)21-11)19(25)24-9-3-4-14(10-24)18-22-17(23-26-18)13-5-7-15(20)8-6-13/h2-3,5,7-11,16H,4,6,12-13H2,1H3;5-8,14H,3-4,9-10H2,1-2H3/t16-;14-/m00/s1. The van der Waals surface area contributed by atoms with Crippen LogP contribution in [0.15, 0.2) is 81.8 Å². The highest BCUT2D eigenvalue weighted by molar-refractivity contribution is 7.13. The summed E-state index contributed by atoms with van der Waals surface area (Å²) in [4.78, 5) is 43.5. The van der Waals surface area contributed by atoms with Crippen molar-refractivity contribution in [2.24, 2.45) is 0 Å². The van der Waals surface area contributed by atoms with Crippen LogP contribution in [0.3, 0.4) is 0 Å². The van der Waals surface area contributed by atoms with Crippen LogP contribution in [0, 0.1) is 32.4 Å². The second-order valence-corrected chi connectivity index (χ2v) is 14.8. The molecule has 54 heavy (non-hydrogen) atoms. The van der Waals surface area contributed by atoms with Gasteiger partial charge in [-0.1, -0.05) is 28.5 Å². The lowest BCUT2D eigenvalue weighted by Gasteiger charge is -2.31. The maximum Gasteiger partial charge on any atom is 0.265 e. The summed E-state index contributed by atoms with van der Waals surface area (Å²) in [5, 5.41) is 8.93. The van der Waals surface area contributed by atoms with E-state index in [9.17, 15) is 18.4 Å². The first-order chi connectivity index (χ1) is 26.1. The van der Waals surface area contributed by atoms with Gasteiger partial charge < -0.3 is 18.8 Å². The molecule has 11 nitrogen and oxygen atoms in total. The molecule has 5 heterocycles. The number of aromatic nitrogens is 5. The summed E-state index contributed by atoms with van der Waals surface area (Å²) in [5.74, 6) is 1.36. The molecule has 2 aliphatic rings. The number of halogens is 2. The maximum atomic E-state index is 13.1. The van der Waals surface area contributed by atoms with Gasteiger partial charge in [0, 0.05) is 42.9 Å². The Morgan fingerprint density at radius 2 is 1.19 bits per heavy atom. The zero-order chi connectivity index (χ0) is 37.8. The fraction of sp³-hybridized carbons (Fsp3) is 0.325. The van der Waals surface area contributed by atoms with Crippen LogP contribution in [0.25, 0.3) is 22.8 Å². The van der Waals surface area contributed by atoms with Crippen LogP contribution in [0.2, 0.25) is 0 Å². The van der Waals surface area contributed by atoms with Crippen LogP contribution in [-0.4, -0.2) is 73.1 Å². The number of carbonyl (C=O) groups is 2. The Hall–Kier alpha value is -5.63. The van der Waals surface area contributed by atoms with Crippen molar-refractivity contribution in [1.29, 1.82) is 0 Å². The number of benzene rings is 3. The van der Waals surface area contributed by atoms with Crippen molar-refractivity contribution in [3.05, 3.63) is 123 Å². The van der Waals surface area contributed by atoms with Crippen LogP contribution < -0.4 is 0 Å². The van der Waals surface area contributed by atoms with E-state index in [2.05, 4.69) is 25.3 Å². The van der Waals surface area contributed by atoms with Gasteiger partial charge in [0.1, 0.15) is 16.5 Å². The first kappa shape index (κ1) is 36.7. The molecule has 2 saturated heterocycles. The molecule has 0 saturated carbocycles. The molecule has 3 aromatic heterocycles. The average Bonchev–Trinajstić information content (AvgIpc) is 3.96.